The Hall–Kier alpha value is -3.13. The average Bonchev–Trinajstić information content (AvgIpc) is 3.53. The van der Waals surface area contributed by atoms with Crippen LogP contribution in [0.1, 0.15) is 210 Å². The number of anilines is 1. The summed E-state index contributed by atoms with van der Waals surface area (Å²) < 4.78 is 11.4. The van der Waals surface area contributed by atoms with Gasteiger partial charge in [0.25, 0.3) is 0 Å². The Kier molecular flexibility index (Phi) is 27.9. The van der Waals surface area contributed by atoms with Crippen LogP contribution in [0.25, 0.3) is 0 Å². The lowest BCUT2D eigenvalue weighted by Crippen LogP contribution is -2.39. The first-order valence-corrected chi connectivity index (χ1v) is 23.7. The van der Waals surface area contributed by atoms with Crippen LogP contribution in [0.2, 0.25) is 0 Å². The minimum absolute atomic E-state index is 0.0811. The lowest BCUT2D eigenvalue weighted by Gasteiger charge is -2.30. The zero-order chi connectivity index (χ0) is 41.4. The summed E-state index contributed by atoms with van der Waals surface area (Å²) in [4.78, 5) is 42.1. The van der Waals surface area contributed by atoms with Gasteiger partial charge in [0.15, 0.2) is 0 Å². The number of carbonyl (C=O) groups is 3. The number of amides is 2. The third-order valence-corrected chi connectivity index (χ3v) is 11.2. The molecule has 0 aromatic carbocycles. The molecule has 0 atom stereocenters. The summed E-state index contributed by atoms with van der Waals surface area (Å²) in [6.07, 6.45) is 45.2. The first-order chi connectivity index (χ1) is 27.7. The molecule has 1 aromatic rings. The van der Waals surface area contributed by atoms with Crippen LogP contribution >= 0.6 is 11.3 Å². The number of ether oxygens (including phenoxy) is 2. The van der Waals surface area contributed by atoms with Gasteiger partial charge in [-0.2, -0.15) is 0 Å². The van der Waals surface area contributed by atoms with Crippen molar-refractivity contribution in [2.24, 2.45) is 0 Å². The van der Waals surface area contributed by atoms with E-state index in [4.69, 9.17) is 9.47 Å². The molecule has 0 spiro atoms. The summed E-state index contributed by atoms with van der Waals surface area (Å²) in [7, 11) is 0. The Morgan fingerprint density at radius 1 is 0.667 bits per heavy atom. The normalized spacial score (nSPS) is 13.4. The van der Waals surface area contributed by atoms with Crippen LogP contribution in [0.4, 0.5) is 9.80 Å². The molecule has 2 amide bonds. The maximum absolute atomic E-state index is 13.6. The Morgan fingerprint density at radius 2 is 1.16 bits per heavy atom. The van der Waals surface area contributed by atoms with Gasteiger partial charge in [0, 0.05) is 17.8 Å². The maximum Gasteiger partial charge on any atom is 0.410 e. The highest BCUT2D eigenvalue weighted by molar-refractivity contribution is 7.17. The van der Waals surface area contributed by atoms with Crippen LogP contribution in [-0.4, -0.2) is 41.6 Å². The highest BCUT2D eigenvalue weighted by Gasteiger charge is 2.32. The summed E-state index contributed by atoms with van der Waals surface area (Å²) in [6, 6.07) is 0. The van der Waals surface area contributed by atoms with Crippen LogP contribution in [0.5, 0.6) is 0 Å². The molecule has 1 aromatic heterocycles. The summed E-state index contributed by atoms with van der Waals surface area (Å²) >= 11 is 1.39. The van der Waals surface area contributed by atoms with E-state index in [-0.39, 0.29) is 18.0 Å². The van der Waals surface area contributed by atoms with E-state index in [1.165, 1.54) is 88.4 Å². The van der Waals surface area contributed by atoms with Crippen molar-refractivity contribution in [3.05, 3.63) is 64.6 Å². The first kappa shape index (κ1) is 50.0. The van der Waals surface area contributed by atoms with E-state index >= 15 is 0 Å². The topological polar surface area (TPSA) is 84.9 Å². The van der Waals surface area contributed by atoms with E-state index in [9.17, 15) is 14.4 Å². The molecule has 0 unspecified atom stereocenters. The minimum atomic E-state index is -0.593. The van der Waals surface area contributed by atoms with Crippen molar-refractivity contribution in [1.29, 1.82) is 0 Å². The number of rotatable bonds is 31. The molecule has 322 valence electrons. The van der Waals surface area contributed by atoms with Crippen molar-refractivity contribution in [2.45, 2.75) is 207 Å². The van der Waals surface area contributed by atoms with Crippen molar-refractivity contribution in [2.75, 3.05) is 18.5 Å². The predicted molar refractivity (Wildman–Crippen MR) is 242 cm³/mol. The number of nitrogens with one attached hydrogen (secondary N) is 1. The fourth-order valence-corrected chi connectivity index (χ4v) is 8.07. The van der Waals surface area contributed by atoms with E-state index in [1.807, 2.05) is 20.8 Å². The third kappa shape index (κ3) is 24.4. The number of thiophene rings is 1. The molecule has 0 saturated carbocycles. The SMILES string of the molecule is CCCCC/C=C\C/C=C\CCCCCCCCOC(=O)c1c(NC(=O)CCCCCCC/C=C\C/C=C\CCCCC)sc2c1CCN(C(=O)OC(C)(C)C)C2. The zero-order valence-corrected chi connectivity index (χ0v) is 37.6. The summed E-state index contributed by atoms with van der Waals surface area (Å²) in [6.45, 7) is 11.2. The molecule has 0 saturated heterocycles. The van der Waals surface area contributed by atoms with Crippen molar-refractivity contribution in [1.82, 2.24) is 4.90 Å². The van der Waals surface area contributed by atoms with Crippen molar-refractivity contribution < 1.29 is 23.9 Å². The van der Waals surface area contributed by atoms with Gasteiger partial charge in [-0.25, -0.2) is 9.59 Å². The molecular formula is C49H80N2O5S. The standard InChI is InChI=1S/C49H80N2O5S/c1-6-8-10-12-14-16-18-20-22-24-26-28-30-32-34-36-40-55-47(53)45-42-38-39-51(48(54)56-49(3,4)5)41-43(42)57-46(45)50-44(52)37-35-33-31-29-27-25-23-21-19-17-15-13-11-9-7-2/h14-17,20-23H,6-13,18-19,24-41H2,1-5H3,(H,50,52)/b16-14-,17-15-,22-20-,23-21-. The molecule has 7 nitrogen and oxygen atoms in total. The fraction of sp³-hybridized carbons (Fsp3) is 0.694. The summed E-state index contributed by atoms with van der Waals surface area (Å²) in [5.74, 6) is -0.462. The monoisotopic (exact) mass is 809 g/mol. The zero-order valence-electron chi connectivity index (χ0n) is 36.8. The van der Waals surface area contributed by atoms with Gasteiger partial charge in [0.2, 0.25) is 5.91 Å². The van der Waals surface area contributed by atoms with Gasteiger partial charge in [-0.05, 0) is 110 Å². The molecular weight excluding hydrogens is 729 g/mol. The molecule has 2 heterocycles. The van der Waals surface area contributed by atoms with Crippen LogP contribution in [0, 0.1) is 0 Å². The molecule has 0 fully saturated rings. The summed E-state index contributed by atoms with van der Waals surface area (Å²) in [5.41, 5.74) is 0.756. The number of hydrogen-bond donors (Lipinski definition) is 1. The minimum Gasteiger partial charge on any atom is -0.462 e. The van der Waals surface area contributed by atoms with Crippen LogP contribution < -0.4 is 5.32 Å². The second-order valence-corrected chi connectivity index (χ2v) is 17.7. The van der Waals surface area contributed by atoms with E-state index < -0.39 is 5.60 Å². The molecule has 2 rings (SSSR count). The van der Waals surface area contributed by atoms with Gasteiger partial charge < -0.3 is 19.7 Å². The number of esters is 1. The Balaban J connectivity index is 1.77. The van der Waals surface area contributed by atoms with Crippen LogP contribution in [-0.2, 0) is 27.2 Å². The molecule has 1 aliphatic heterocycles. The lowest BCUT2D eigenvalue weighted by atomic mass is 10.0. The number of unbranched alkanes of at least 4 members (excludes halogenated alkanes) is 17. The molecule has 0 radical (unpaired) electrons. The van der Waals surface area contributed by atoms with E-state index in [0.29, 0.717) is 43.1 Å². The third-order valence-electron chi connectivity index (χ3n) is 10.1. The van der Waals surface area contributed by atoms with Crippen LogP contribution in [0.15, 0.2) is 48.6 Å². The largest absolute Gasteiger partial charge is 0.462 e. The highest BCUT2D eigenvalue weighted by Crippen LogP contribution is 2.38. The number of fused-ring (bicyclic) bond motifs is 1. The number of hydrogen-bond acceptors (Lipinski definition) is 6. The van der Waals surface area contributed by atoms with Crippen molar-refractivity contribution in [3.8, 4) is 0 Å². The Morgan fingerprint density at radius 3 is 1.68 bits per heavy atom. The maximum atomic E-state index is 13.6. The molecule has 57 heavy (non-hydrogen) atoms. The van der Waals surface area contributed by atoms with E-state index in [1.54, 1.807) is 4.90 Å². The van der Waals surface area contributed by atoms with E-state index in [0.717, 1.165) is 81.1 Å². The first-order valence-electron chi connectivity index (χ1n) is 22.9. The van der Waals surface area contributed by atoms with Gasteiger partial charge in [0.1, 0.15) is 10.6 Å². The van der Waals surface area contributed by atoms with Gasteiger partial charge in [-0.1, -0.05) is 133 Å². The van der Waals surface area contributed by atoms with Crippen LogP contribution in [0.3, 0.4) is 0 Å². The second kappa shape index (κ2) is 31.8. The Bertz CT molecular complexity index is 1370. The molecule has 0 aliphatic carbocycles. The van der Waals surface area contributed by atoms with Gasteiger partial charge >= 0.3 is 12.1 Å². The average molecular weight is 809 g/mol. The van der Waals surface area contributed by atoms with E-state index in [2.05, 4.69) is 67.8 Å². The van der Waals surface area contributed by atoms with Gasteiger partial charge in [-0.3, -0.25) is 4.79 Å². The lowest BCUT2D eigenvalue weighted by molar-refractivity contribution is -0.116. The number of nitrogens with zero attached hydrogens (tertiary/aromatic N) is 1. The number of carbonyl (C=O) groups excluding carboxylic acids is 3. The van der Waals surface area contributed by atoms with Gasteiger partial charge in [0.05, 0.1) is 18.7 Å². The molecule has 0 bridgehead atoms. The predicted octanol–water partition coefficient (Wildman–Crippen LogP) is 14.8. The van der Waals surface area contributed by atoms with Crippen molar-refractivity contribution >= 4 is 34.3 Å². The molecule has 1 N–H and O–H groups in total. The number of allylic oxidation sites excluding steroid dienone is 8. The van der Waals surface area contributed by atoms with Crippen molar-refractivity contribution in [3.63, 3.8) is 0 Å². The molecule has 8 heteroatoms. The smallest absolute Gasteiger partial charge is 0.410 e. The summed E-state index contributed by atoms with van der Waals surface area (Å²) in [5, 5.41) is 3.60. The Labute approximate surface area is 352 Å². The quantitative estimate of drug-likeness (QED) is 0.0459. The highest BCUT2D eigenvalue weighted by atomic mass is 32.1. The second-order valence-electron chi connectivity index (χ2n) is 16.6. The fourth-order valence-electron chi connectivity index (χ4n) is 6.80. The molecule has 1 aliphatic rings. The van der Waals surface area contributed by atoms with Gasteiger partial charge in [-0.15, -0.1) is 11.3 Å².